The van der Waals surface area contributed by atoms with Gasteiger partial charge in [0.1, 0.15) is 5.82 Å². The number of nitrogens with one attached hydrogen (secondary N) is 1. The van der Waals surface area contributed by atoms with Crippen molar-refractivity contribution in [2.75, 3.05) is 0 Å². The van der Waals surface area contributed by atoms with Crippen molar-refractivity contribution in [3.63, 3.8) is 0 Å². The first-order valence-corrected chi connectivity index (χ1v) is 6.46. The number of rotatable bonds is 5. The van der Waals surface area contributed by atoms with E-state index in [-0.39, 0.29) is 0 Å². The summed E-state index contributed by atoms with van der Waals surface area (Å²) < 4.78 is 4.27. The van der Waals surface area contributed by atoms with E-state index in [0.29, 0.717) is 0 Å². The fourth-order valence-corrected chi connectivity index (χ4v) is 2.04. The fraction of sp³-hybridized carbons (Fsp3) is 0.538. The average Bonchev–Trinajstić information content (AvgIpc) is 3.02. The van der Waals surface area contributed by atoms with Gasteiger partial charge in [-0.15, -0.1) is 10.2 Å². The Bertz CT molecular complexity index is 535. The van der Waals surface area contributed by atoms with E-state index in [2.05, 4.69) is 38.4 Å². The van der Waals surface area contributed by atoms with Crippen LogP contribution in [0.1, 0.15) is 30.2 Å². The third-order valence-electron chi connectivity index (χ3n) is 3.57. The predicted octanol–water partition coefficient (Wildman–Crippen LogP) is 1.23. The Balaban J connectivity index is 1.71. The van der Waals surface area contributed by atoms with E-state index < -0.39 is 0 Å². The highest BCUT2D eigenvalue weighted by molar-refractivity contribution is 5.09. The van der Waals surface area contributed by atoms with Crippen LogP contribution in [-0.4, -0.2) is 25.4 Å². The van der Waals surface area contributed by atoms with E-state index in [1.165, 1.54) is 18.5 Å². The van der Waals surface area contributed by atoms with Gasteiger partial charge in [0.25, 0.3) is 0 Å². The number of hydrogen-bond acceptors (Lipinski definition) is 3. The monoisotopic (exact) mass is 245 g/mol. The van der Waals surface area contributed by atoms with Gasteiger partial charge in [-0.2, -0.15) is 0 Å². The van der Waals surface area contributed by atoms with Crippen molar-refractivity contribution >= 4 is 0 Å². The Morgan fingerprint density at radius 3 is 2.89 bits per heavy atom. The zero-order chi connectivity index (χ0) is 12.5. The van der Waals surface area contributed by atoms with Gasteiger partial charge in [0, 0.05) is 31.5 Å². The Morgan fingerprint density at radius 1 is 1.39 bits per heavy atom. The molecule has 0 unspecified atom stereocenters. The lowest BCUT2D eigenvalue weighted by Crippen LogP contribution is -2.18. The second-order valence-electron chi connectivity index (χ2n) is 5.01. The van der Waals surface area contributed by atoms with Gasteiger partial charge in [-0.25, -0.2) is 0 Å². The Labute approximate surface area is 107 Å². The van der Waals surface area contributed by atoms with Gasteiger partial charge < -0.3 is 14.5 Å². The van der Waals surface area contributed by atoms with Gasteiger partial charge in [0.15, 0.2) is 5.82 Å². The van der Waals surface area contributed by atoms with Crippen LogP contribution in [-0.2, 0) is 20.1 Å². The standard InChI is InChI=1S/C13H19N5/c1-10-15-16-13(17(10)2)9-18-7-3-4-12(18)8-14-11-5-6-11/h3-4,7,11,14H,5-6,8-9H2,1-2H3. The SMILES string of the molecule is Cc1nnc(Cn2cccc2CNC2CC2)n1C. The van der Waals surface area contributed by atoms with Gasteiger partial charge >= 0.3 is 0 Å². The maximum Gasteiger partial charge on any atom is 0.152 e. The molecule has 2 aromatic heterocycles. The Kier molecular flexibility index (Phi) is 2.91. The number of aromatic nitrogens is 4. The highest BCUT2D eigenvalue weighted by Gasteiger charge is 2.20. The van der Waals surface area contributed by atoms with Gasteiger partial charge in [0.05, 0.1) is 6.54 Å². The molecule has 2 aromatic rings. The van der Waals surface area contributed by atoms with E-state index >= 15 is 0 Å². The second-order valence-corrected chi connectivity index (χ2v) is 5.01. The predicted molar refractivity (Wildman–Crippen MR) is 69.1 cm³/mol. The smallest absolute Gasteiger partial charge is 0.152 e. The topological polar surface area (TPSA) is 47.7 Å². The molecule has 1 fully saturated rings. The van der Waals surface area contributed by atoms with Crippen molar-refractivity contribution in [1.82, 2.24) is 24.6 Å². The summed E-state index contributed by atoms with van der Waals surface area (Å²) in [5.41, 5.74) is 1.31. The molecule has 1 saturated carbocycles. The van der Waals surface area contributed by atoms with E-state index in [4.69, 9.17) is 0 Å². The fourth-order valence-electron chi connectivity index (χ4n) is 2.04. The molecule has 0 bridgehead atoms. The van der Waals surface area contributed by atoms with Gasteiger partial charge in [0.2, 0.25) is 0 Å². The summed E-state index contributed by atoms with van der Waals surface area (Å²) in [5.74, 6) is 1.95. The summed E-state index contributed by atoms with van der Waals surface area (Å²) in [4.78, 5) is 0. The minimum atomic E-state index is 0.741. The molecular weight excluding hydrogens is 226 g/mol. The van der Waals surface area contributed by atoms with Crippen molar-refractivity contribution < 1.29 is 0 Å². The minimum Gasteiger partial charge on any atom is -0.343 e. The van der Waals surface area contributed by atoms with Crippen molar-refractivity contribution in [1.29, 1.82) is 0 Å². The molecule has 18 heavy (non-hydrogen) atoms. The summed E-state index contributed by atoms with van der Waals surface area (Å²) in [7, 11) is 2.01. The molecule has 96 valence electrons. The van der Waals surface area contributed by atoms with E-state index in [0.717, 1.165) is 30.8 Å². The molecular formula is C13H19N5. The molecule has 0 saturated heterocycles. The van der Waals surface area contributed by atoms with Gasteiger partial charge in [-0.1, -0.05) is 0 Å². The van der Waals surface area contributed by atoms with Crippen LogP contribution in [0.25, 0.3) is 0 Å². The molecule has 5 nitrogen and oxygen atoms in total. The highest BCUT2D eigenvalue weighted by Crippen LogP contribution is 2.19. The summed E-state index contributed by atoms with van der Waals surface area (Å²) in [5, 5.41) is 11.8. The number of aryl methyl sites for hydroxylation is 1. The molecule has 5 heteroatoms. The maximum atomic E-state index is 4.21. The first kappa shape index (κ1) is 11.5. The van der Waals surface area contributed by atoms with Crippen molar-refractivity contribution in [3.05, 3.63) is 35.7 Å². The number of hydrogen-bond donors (Lipinski definition) is 1. The Morgan fingerprint density at radius 2 is 2.22 bits per heavy atom. The summed E-state index contributed by atoms with van der Waals surface area (Å²) in [6.07, 6.45) is 4.75. The summed E-state index contributed by atoms with van der Waals surface area (Å²) in [6, 6.07) is 5.00. The second kappa shape index (κ2) is 4.57. The van der Waals surface area contributed by atoms with Gasteiger partial charge in [-0.05, 0) is 31.9 Å². The van der Waals surface area contributed by atoms with Crippen LogP contribution in [0.3, 0.4) is 0 Å². The highest BCUT2D eigenvalue weighted by atomic mass is 15.3. The third-order valence-corrected chi connectivity index (χ3v) is 3.57. The molecule has 3 rings (SSSR count). The molecule has 0 spiro atoms. The maximum absolute atomic E-state index is 4.21. The minimum absolute atomic E-state index is 0.741. The third kappa shape index (κ3) is 2.31. The van der Waals surface area contributed by atoms with Crippen molar-refractivity contribution in [3.8, 4) is 0 Å². The van der Waals surface area contributed by atoms with Gasteiger partial charge in [-0.3, -0.25) is 0 Å². The normalized spacial score (nSPS) is 15.2. The average molecular weight is 245 g/mol. The van der Waals surface area contributed by atoms with Crippen molar-refractivity contribution in [2.24, 2.45) is 7.05 Å². The van der Waals surface area contributed by atoms with Crippen LogP contribution in [0.4, 0.5) is 0 Å². The molecule has 1 N–H and O–H groups in total. The molecule has 0 radical (unpaired) electrons. The molecule has 2 heterocycles. The zero-order valence-electron chi connectivity index (χ0n) is 10.9. The van der Waals surface area contributed by atoms with E-state index in [9.17, 15) is 0 Å². The van der Waals surface area contributed by atoms with Crippen LogP contribution < -0.4 is 5.32 Å². The lowest BCUT2D eigenvalue weighted by atomic mass is 10.4. The summed E-state index contributed by atoms with van der Waals surface area (Å²) in [6.45, 7) is 3.70. The first-order chi connectivity index (χ1) is 8.74. The van der Waals surface area contributed by atoms with E-state index in [1.807, 2.05) is 18.5 Å². The van der Waals surface area contributed by atoms with Crippen LogP contribution in [0.15, 0.2) is 18.3 Å². The van der Waals surface area contributed by atoms with Crippen LogP contribution in [0.2, 0.25) is 0 Å². The van der Waals surface area contributed by atoms with Crippen molar-refractivity contribution in [2.45, 2.75) is 38.9 Å². The molecule has 0 amide bonds. The quantitative estimate of drug-likeness (QED) is 0.861. The first-order valence-electron chi connectivity index (χ1n) is 6.46. The van der Waals surface area contributed by atoms with E-state index in [1.54, 1.807) is 0 Å². The molecule has 1 aliphatic carbocycles. The molecule has 1 aliphatic rings. The molecule has 0 aromatic carbocycles. The van der Waals surface area contributed by atoms with Crippen LogP contribution >= 0.6 is 0 Å². The molecule has 0 atom stereocenters. The number of nitrogens with zero attached hydrogens (tertiary/aromatic N) is 4. The lowest BCUT2D eigenvalue weighted by molar-refractivity contribution is 0.614. The van der Waals surface area contributed by atoms with Crippen LogP contribution in [0.5, 0.6) is 0 Å². The molecule has 0 aliphatic heterocycles. The Hall–Kier alpha value is -1.62. The zero-order valence-corrected chi connectivity index (χ0v) is 10.9. The van der Waals surface area contributed by atoms with Crippen LogP contribution in [0, 0.1) is 6.92 Å². The lowest BCUT2D eigenvalue weighted by Gasteiger charge is -2.09. The largest absolute Gasteiger partial charge is 0.343 e. The summed E-state index contributed by atoms with van der Waals surface area (Å²) >= 11 is 0.